The van der Waals surface area contributed by atoms with Gasteiger partial charge in [0.05, 0.1) is 0 Å². The first-order valence-electron chi connectivity index (χ1n) is 5.10. The van der Waals surface area contributed by atoms with Gasteiger partial charge < -0.3 is 0 Å². The summed E-state index contributed by atoms with van der Waals surface area (Å²) in [7, 11) is 0. The molecule has 0 N–H and O–H groups in total. The van der Waals surface area contributed by atoms with Gasteiger partial charge in [-0.25, -0.2) is 0 Å². The summed E-state index contributed by atoms with van der Waals surface area (Å²) in [6.45, 7) is 9.84. The van der Waals surface area contributed by atoms with Crippen molar-refractivity contribution in [3.05, 3.63) is 60.2 Å². The molecule has 1 heteroatoms. The molecule has 1 aromatic rings. The largest absolute Gasteiger partial charge is 0.103 e. The Hall–Kier alpha value is -1.01. The Kier molecular flexibility index (Phi) is 4.16. The molecule has 1 aromatic carbocycles. The lowest BCUT2D eigenvalue weighted by Gasteiger charge is -2.27. The van der Waals surface area contributed by atoms with Crippen molar-refractivity contribution in [1.29, 1.82) is 0 Å². The zero-order valence-corrected chi connectivity index (χ0v) is 9.93. The number of rotatable bonds is 5. The highest BCUT2D eigenvalue weighted by molar-refractivity contribution is 6.30. The third-order valence-corrected chi connectivity index (χ3v) is 2.98. The van der Waals surface area contributed by atoms with E-state index in [0.29, 0.717) is 0 Å². The molecule has 0 aromatic heterocycles. The molecule has 0 saturated carbocycles. The lowest BCUT2D eigenvalue weighted by Crippen LogP contribution is -2.19. The van der Waals surface area contributed by atoms with Gasteiger partial charge >= 0.3 is 0 Å². The van der Waals surface area contributed by atoms with Crippen molar-refractivity contribution in [2.45, 2.75) is 25.2 Å². The summed E-state index contributed by atoms with van der Waals surface area (Å²) in [5, 5.41) is 0.776. The van der Waals surface area contributed by atoms with E-state index in [0.717, 1.165) is 17.9 Å². The SMILES string of the molecule is C=CCC(C)(CC=C)c1ccc(Cl)cc1. The minimum atomic E-state index is 0.0914. The fourth-order valence-corrected chi connectivity index (χ4v) is 1.93. The number of allylic oxidation sites excluding steroid dienone is 2. The van der Waals surface area contributed by atoms with E-state index in [1.54, 1.807) is 0 Å². The molecule has 0 spiro atoms. The smallest absolute Gasteiger partial charge is 0.0406 e. The maximum Gasteiger partial charge on any atom is 0.0406 e. The Morgan fingerprint density at radius 2 is 1.60 bits per heavy atom. The minimum Gasteiger partial charge on any atom is -0.103 e. The summed E-state index contributed by atoms with van der Waals surface area (Å²) in [5.41, 5.74) is 1.38. The van der Waals surface area contributed by atoms with Crippen LogP contribution < -0.4 is 0 Å². The molecule has 0 saturated heterocycles. The molecular weight excluding hydrogens is 204 g/mol. The van der Waals surface area contributed by atoms with Gasteiger partial charge in [0.25, 0.3) is 0 Å². The topological polar surface area (TPSA) is 0 Å². The van der Waals surface area contributed by atoms with E-state index in [1.807, 2.05) is 24.3 Å². The maximum atomic E-state index is 5.88. The zero-order chi connectivity index (χ0) is 11.3. The summed E-state index contributed by atoms with van der Waals surface area (Å²) >= 11 is 5.88. The van der Waals surface area contributed by atoms with Crippen LogP contribution in [0, 0.1) is 0 Å². The van der Waals surface area contributed by atoms with E-state index in [4.69, 9.17) is 11.6 Å². The van der Waals surface area contributed by atoms with E-state index in [2.05, 4.69) is 32.2 Å². The van der Waals surface area contributed by atoms with Crippen LogP contribution in [0.15, 0.2) is 49.6 Å². The average Bonchev–Trinajstić information content (AvgIpc) is 2.19. The number of hydrogen-bond donors (Lipinski definition) is 0. The van der Waals surface area contributed by atoms with E-state index >= 15 is 0 Å². The third kappa shape index (κ3) is 2.97. The highest BCUT2D eigenvalue weighted by Crippen LogP contribution is 2.32. The van der Waals surface area contributed by atoms with Crippen molar-refractivity contribution in [1.82, 2.24) is 0 Å². The summed E-state index contributed by atoms with van der Waals surface area (Å²) in [6.07, 6.45) is 5.80. The third-order valence-electron chi connectivity index (χ3n) is 2.73. The molecule has 15 heavy (non-hydrogen) atoms. The predicted octanol–water partition coefficient (Wildman–Crippen LogP) is 4.75. The molecule has 0 aliphatic heterocycles. The summed E-state index contributed by atoms with van der Waals surface area (Å²) in [4.78, 5) is 0. The van der Waals surface area contributed by atoms with Crippen molar-refractivity contribution in [3.8, 4) is 0 Å². The lowest BCUT2D eigenvalue weighted by molar-refractivity contribution is 0.486. The Bertz CT molecular complexity index is 325. The monoisotopic (exact) mass is 220 g/mol. The van der Waals surface area contributed by atoms with Crippen molar-refractivity contribution in [2.24, 2.45) is 0 Å². The summed E-state index contributed by atoms with van der Waals surface area (Å²) < 4.78 is 0. The highest BCUT2D eigenvalue weighted by Gasteiger charge is 2.23. The standard InChI is InChI=1S/C14H17Cl/c1-4-10-14(3,11-5-2)12-6-8-13(15)9-7-12/h4-9H,1-2,10-11H2,3H3. The molecular formula is C14H17Cl. The fourth-order valence-electron chi connectivity index (χ4n) is 1.81. The maximum absolute atomic E-state index is 5.88. The van der Waals surface area contributed by atoms with Crippen LogP contribution in [0.1, 0.15) is 25.3 Å². The van der Waals surface area contributed by atoms with Gasteiger partial charge in [-0.1, -0.05) is 42.8 Å². The first kappa shape index (κ1) is 12.1. The van der Waals surface area contributed by atoms with Gasteiger partial charge in [0.1, 0.15) is 0 Å². The van der Waals surface area contributed by atoms with Crippen LogP contribution in [0.2, 0.25) is 5.02 Å². The van der Waals surface area contributed by atoms with Gasteiger partial charge in [-0.2, -0.15) is 0 Å². The van der Waals surface area contributed by atoms with E-state index < -0.39 is 0 Å². The molecule has 0 aliphatic carbocycles. The Labute approximate surface area is 97.3 Å². The van der Waals surface area contributed by atoms with E-state index in [-0.39, 0.29) is 5.41 Å². The van der Waals surface area contributed by atoms with Gasteiger partial charge in [-0.3, -0.25) is 0 Å². The molecule has 0 atom stereocenters. The van der Waals surface area contributed by atoms with E-state index in [1.165, 1.54) is 5.56 Å². The number of benzene rings is 1. The fraction of sp³-hybridized carbons (Fsp3) is 0.286. The summed E-state index contributed by atoms with van der Waals surface area (Å²) in [6, 6.07) is 8.02. The van der Waals surface area contributed by atoms with Gasteiger partial charge in [0.2, 0.25) is 0 Å². The van der Waals surface area contributed by atoms with Gasteiger partial charge in [-0.05, 0) is 36.0 Å². The van der Waals surface area contributed by atoms with Gasteiger partial charge in [-0.15, -0.1) is 13.2 Å². The van der Waals surface area contributed by atoms with Crippen LogP contribution in [0.4, 0.5) is 0 Å². The second-order valence-corrected chi connectivity index (χ2v) is 4.49. The molecule has 0 radical (unpaired) electrons. The van der Waals surface area contributed by atoms with Gasteiger partial charge in [0.15, 0.2) is 0 Å². The van der Waals surface area contributed by atoms with Crippen LogP contribution in [0.3, 0.4) is 0 Å². The first-order chi connectivity index (χ1) is 7.12. The molecule has 0 aliphatic rings. The van der Waals surface area contributed by atoms with Crippen molar-refractivity contribution in [2.75, 3.05) is 0 Å². The molecule has 0 heterocycles. The Morgan fingerprint density at radius 3 is 2.00 bits per heavy atom. The normalized spacial score (nSPS) is 11.1. The Morgan fingerprint density at radius 1 is 1.13 bits per heavy atom. The van der Waals surface area contributed by atoms with Crippen molar-refractivity contribution in [3.63, 3.8) is 0 Å². The minimum absolute atomic E-state index is 0.0914. The lowest BCUT2D eigenvalue weighted by atomic mass is 9.77. The van der Waals surface area contributed by atoms with Crippen molar-refractivity contribution < 1.29 is 0 Å². The van der Waals surface area contributed by atoms with E-state index in [9.17, 15) is 0 Å². The van der Waals surface area contributed by atoms with Gasteiger partial charge in [0, 0.05) is 5.02 Å². The molecule has 80 valence electrons. The second-order valence-electron chi connectivity index (χ2n) is 4.05. The quantitative estimate of drug-likeness (QED) is 0.629. The molecule has 0 nitrogen and oxygen atoms in total. The Balaban J connectivity index is 3.02. The molecule has 0 fully saturated rings. The zero-order valence-electron chi connectivity index (χ0n) is 9.17. The van der Waals surface area contributed by atoms with Crippen LogP contribution in [0.5, 0.6) is 0 Å². The molecule has 0 amide bonds. The number of hydrogen-bond acceptors (Lipinski definition) is 0. The average molecular weight is 221 g/mol. The highest BCUT2D eigenvalue weighted by atomic mass is 35.5. The molecule has 1 rings (SSSR count). The molecule has 0 unspecified atom stereocenters. The number of halogens is 1. The summed E-state index contributed by atoms with van der Waals surface area (Å²) in [5.74, 6) is 0. The molecule has 0 bridgehead atoms. The van der Waals surface area contributed by atoms with Crippen molar-refractivity contribution >= 4 is 11.6 Å². The second kappa shape index (κ2) is 5.18. The van der Waals surface area contributed by atoms with Crippen LogP contribution in [-0.4, -0.2) is 0 Å². The predicted molar refractivity (Wildman–Crippen MR) is 68.4 cm³/mol. The van der Waals surface area contributed by atoms with Crippen LogP contribution in [0.25, 0.3) is 0 Å². The van der Waals surface area contributed by atoms with Crippen LogP contribution in [-0.2, 0) is 5.41 Å². The van der Waals surface area contributed by atoms with Crippen LogP contribution >= 0.6 is 11.6 Å². The first-order valence-corrected chi connectivity index (χ1v) is 5.48.